The number of fused-ring (bicyclic) bond motifs is 1. The van der Waals surface area contributed by atoms with E-state index < -0.39 is 35.9 Å². The van der Waals surface area contributed by atoms with Crippen molar-refractivity contribution in [1.82, 2.24) is 10.3 Å². The Morgan fingerprint density at radius 2 is 2.09 bits per heavy atom. The van der Waals surface area contributed by atoms with Gasteiger partial charge in [-0.05, 0) is 44.0 Å². The zero-order valence-corrected chi connectivity index (χ0v) is 18.2. The molecule has 0 saturated heterocycles. The van der Waals surface area contributed by atoms with Crippen LogP contribution >= 0.6 is 0 Å². The van der Waals surface area contributed by atoms with Gasteiger partial charge in [0, 0.05) is 37.1 Å². The van der Waals surface area contributed by atoms with Gasteiger partial charge in [-0.1, -0.05) is 0 Å². The molecule has 32 heavy (non-hydrogen) atoms. The summed E-state index contributed by atoms with van der Waals surface area (Å²) in [6, 6.07) is 6.24. The molecular formula is C22H26N5O5+. The van der Waals surface area contributed by atoms with Crippen LogP contribution in [-0.4, -0.2) is 59.0 Å². The number of benzene rings is 1. The van der Waals surface area contributed by atoms with E-state index in [0.29, 0.717) is 5.56 Å². The van der Waals surface area contributed by atoms with E-state index >= 15 is 0 Å². The first-order valence-electron chi connectivity index (χ1n) is 10.0. The number of nitrogens with one attached hydrogen (secondary N) is 3. The topological polar surface area (TPSA) is 159 Å². The fourth-order valence-electron chi connectivity index (χ4n) is 3.15. The summed E-state index contributed by atoms with van der Waals surface area (Å²) in [4.78, 5) is 43.0. The molecule has 3 N–H and O–H groups in total. The number of H-pyrrole nitrogens is 1. The number of Topliss-reactive ketones (excluding diaryl/α,β-unsaturated/α-hetero) is 1. The molecule has 0 aliphatic carbocycles. The quantitative estimate of drug-likeness (QED) is 0.209. The third-order valence-corrected chi connectivity index (χ3v) is 4.72. The fourth-order valence-corrected chi connectivity index (χ4v) is 3.15. The number of ether oxygens (including phenoxy) is 2. The smallest absolute Gasteiger partial charge is 0.372 e. The fraction of sp³-hybridized carbons (Fsp3) is 0.409. The number of carbonyl (C=O) groups excluding carboxylic acids is 3. The number of ketones is 1. The number of hydrogen-bond acceptors (Lipinski definition) is 7. The summed E-state index contributed by atoms with van der Waals surface area (Å²) in [5, 5.41) is 12.6. The summed E-state index contributed by atoms with van der Waals surface area (Å²) < 4.78 is 10.6. The van der Waals surface area contributed by atoms with Crippen molar-refractivity contribution in [3.63, 3.8) is 0 Å². The maximum Gasteiger partial charge on any atom is 0.372 e. The van der Waals surface area contributed by atoms with Crippen LogP contribution in [0.4, 0.5) is 0 Å². The van der Waals surface area contributed by atoms with E-state index in [4.69, 9.17) is 20.3 Å². The number of nitriles is 1. The number of aromatic nitrogens is 1. The van der Waals surface area contributed by atoms with Gasteiger partial charge >= 0.3 is 12.2 Å². The Balaban J connectivity index is 2.16. The Morgan fingerprint density at radius 1 is 1.34 bits per heavy atom. The van der Waals surface area contributed by atoms with Gasteiger partial charge in [0.25, 0.3) is 0 Å². The van der Waals surface area contributed by atoms with E-state index in [0.717, 1.165) is 22.7 Å². The second-order valence-corrected chi connectivity index (χ2v) is 7.42. The molecule has 0 spiro atoms. The third-order valence-electron chi connectivity index (χ3n) is 4.72. The molecule has 0 aliphatic heterocycles. The third kappa shape index (κ3) is 6.60. The largest absolute Gasteiger partial charge is 0.461 e. The number of methoxy groups -OCH3 is 1. The molecule has 1 heterocycles. The molecule has 10 nitrogen and oxygen atoms in total. The van der Waals surface area contributed by atoms with Gasteiger partial charge in [0.1, 0.15) is 12.1 Å². The van der Waals surface area contributed by atoms with Crippen molar-refractivity contribution in [2.45, 2.75) is 51.4 Å². The molecular weight excluding hydrogens is 414 g/mol. The lowest BCUT2D eigenvalue weighted by Crippen LogP contribution is -2.48. The maximum absolute atomic E-state index is 12.9. The average molecular weight is 440 g/mol. The molecule has 0 unspecified atom stereocenters. The highest BCUT2D eigenvalue weighted by Gasteiger charge is 2.28. The van der Waals surface area contributed by atoms with E-state index in [1.807, 2.05) is 0 Å². The zero-order valence-electron chi connectivity index (χ0n) is 18.2. The lowest BCUT2D eigenvalue weighted by molar-refractivity contribution is -0.152. The normalized spacial score (nSPS) is 12.5. The summed E-state index contributed by atoms with van der Waals surface area (Å²) in [6.45, 7) is 3.36. The highest BCUT2D eigenvalue weighted by molar-refractivity contribution is 6.25. The number of hydrogen-bond donors (Lipinski definition) is 3. The molecule has 10 heteroatoms. The molecule has 0 aliphatic rings. The van der Waals surface area contributed by atoms with Crippen LogP contribution in [0.15, 0.2) is 24.4 Å². The molecule has 0 radical (unpaired) electrons. The molecule has 2 aromatic rings. The zero-order chi connectivity index (χ0) is 23.7. The molecule has 1 aromatic heterocycles. The first-order chi connectivity index (χ1) is 15.3. The van der Waals surface area contributed by atoms with Gasteiger partial charge in [0.2, 0.25) is 11.7 Å². The Morgan fingerprint density at radius 3 is 2.72 bits per heavy atom. The molecule has 2 rings (SSSR count). The number of aromatic amines is 1. The van der Waals surface area contributed by atoms with Gasteiger partial charge in [-0.3, -0.25) is 9.59 Å². The maximum atomic E-state index is 12.9. The number of carbonyl (C=O) groups is 3. The lowest BCUT2D eigenvalue weighted by atomic mass is 10.0. The Kier molecular flexibility index (Phi) is 8.83. The van der Waals surface area contributed by atoms with Crippen molar-refractivity contribution < 1.29 is 28.6 Å². The van der Waals surface area contributed by atoms with Crippen molar-refractivity contribution in [3.05, 3.63) is 35.5 Å². The first kappa shape index (κ1) is 24.5. The van der Waals surface area contributed by atoms with Gasteiger partial charge in [-0.15, -0.1) is 0 Å². The summed E-state index contributed by atoms with van der Waals surface area (Å²) in [6.07, 6.45) is 1.39. The Labute approximate surface area is 185 Å². The van der Waals surface area contributed by atoms with E-state index in [9.17, 15) is 14.4 Å². The monoisotopic (exact) mass is 440 g/mol. The molecule has 0 fully saturated rings. The number of rotatable bonds is 11. The van der Waals surface area contributed by atoms with Gasteiger partial charge in [0.15, 0.2) is 0 Å². The van der Waals surface area contributed by atoms with Crippen LogP contribution in [0.5, 0.6) is 0 Å². The summed E-state index contributed by atoms with van der Waals surface area (Å²) in [7, 11) is 1.38. The van der Waals surface area contributed by atoms with Gasteiger partial charge in [-0.25, -0.2) is 4.79 Å². The van der Waals surface area contributed by atoms with E-state index in [-0.39, 0.29) is 19.3 Å². The summed E-state index contributed by atoms with van der Waals surface area (Å²) in [5.41, 5.74) is 8.81. The van der Waals surface area contributed by atoms with Gasteiger partial charge < -0.3 is 19.8 Å². The standard InChI is InChI=1S/C22H25N5O5/c1-13(2)32-22(30)19(7-5-16(28)12-26-24)27-21(29)20(31-3)9-15-11-25-18-6-4-14(10-23)8-17(15)18/h4,6,8,11-13,19-20,24-25H,5,7,9H2,1-3H3/p+1/t19-,20-/m0/s1. The highest BCUT2D eigenvalue weighted by atomic mass is 16.5. The lowest BCUT2D eigenvalue weighted by Gasteiger charge is -2.21. The van der Waals surface area contributed by atoms with Crippen molar-refractivity contribution >= 4 is 34.8 Å². The SMILES string of the molecule is CO[C@@H](Cc1c[nH]c2ccc(C#N)cc12)C(=O)N[C@@H](CCC(=O)C=[N+]=N)C(=O)OC(C)C. The second-order valence-electron chi connectivity index (χ2n) is 7.42. The minimum absolute atomic E-state index is 0.00278. The minimum Gasteiger partial charge on any atom is -0.461 e. The van der Waals surface area contributed by atoms with Crippen LogP contribution in [0.1, 0.15) is 37.8 Å². The van der Waals surface area contributed by atoms with E-state index in [1.165, 1.54) is 7.11 Å². The Hall–Kier alpha value is -3.80. The van der Waals surface area contributed by atoms with Crippen LogP contribution in [0.2, 0.25) is 0 Å². The highest BCUT2D eigenvalue weighted by Crippen LogP contribution is 2.21. The molecule has 2 atom stereocenters. The van der Waals surface area contributed by atoms with Crippen molar-refractivity contribution in [3.8, 4) is 6.07 Å². The molecule has 0 saturated carbocycles. The second kappa shape index (κ2) is 11.6. The van der Waals surface area contributed by atoms with Crippen molar-refractivity contribution in [2.75, 3.05) is 7.11 Å². The average Bonchev–Trinajstić information content (AvgIpc) is 3.16. The number of nitrogens with zero attached hydrogens (tertiary/aromatic N) is 2. The van der Waals surface area contributed by atoms with Gasteiger partial charge in [-0.2, -0.15) is 5.26 Å². The predicted molar refractivity (Wildman–Crippen MR) is 114 cm³/mol. The molecule has 1 amide bonds. The molecule has 1 aromatic carbocycles. The van der Waals surface area contributed by atoms with E-state index in [1.54, 1.807) is 38.2 Å². The predicted octanol–water partition coefficient (Wildman–Crippen LogP) is 1.69. The van der Waals surface area contributed by atoms with Crippen LogP contribution in [0.25, 0.3) is 10.9 Å². The van der Waals surface area contributed by atoms with Crippen molar-refractivity contribution in [1.29, 1.82) is 10.8 Å². The first-order valence-corrected chi connectivity index (χ1v) is 10.0. The van der Waals surface area contributed by atoms with E-state index in [2.05, 4.69) is 21.2 Å². The Bertz CT molecular complexity index is 1080. The van der Waals surface area contributed by atoms with Gasteiger partial charge in [0.05, 0.1) is 28.1 Å². The van der Waals surface area contributed by atoms with Crippen LogP contribution in [0, 0.1) is 16.9 Å². The van der Waals surface area contributed by atoms with Crippen LogP contribution in [0.3, 0.4) is 0 Å². The molecule has 168 valence electrons. The van der Waals surface area contributed by atoms with Crippen molar-refractivity contribution in [2.24, 2.45) is 0 Å². The number of esters is 1. The minimum atomic E-state index is -1.06. The molecule has 0 bridgehead atoms. The van der Waals surface area contributed by atoms with Crippen LogP contribution in [-0.2, 0) is 30.3 Å². The number of amides is 1. The van der Waals surface area contributed by atoms with Crippen LogP contribution < -0.4 is 5.32 Å². The summed E-state index contributed by atoms with van der Waals surface area (Å²) >= 11 is 0. The summed E-state index contributed by atoms with van der Waals surface area (Å²) in [5.74, 6) is -1.64.